The van der Waals surface area contributed by atoms with E-state index >= 15 is 0 Å². The van der Waals surface area contributed by atoms with Gasteiger partial charge in [0.2, 0.25) is 0 Å². The Kier molecular flexibility index (Phi) is 5.85. The molecule has 4 heteroatoms. The number of aliphatic hydroxyl groups is 1. The van der Waals surface area contributed by atoms with E-state index in [2.05, 4.69) is 40.5 Å². The quantitative estimate of drug-likeness (QED) is 0.695. The van der Waals surface area contributed by atoms with Gasteiger partial charge in [0.25, 0.3) is 5.91 Å². The van der Waals surface area contributed by atoms with Crippen molar-refractivity contribution >= 4 is 5.91 Å². The van der Waals surface area contributed by atoms with Crippen LogP contribution in [0, 0.1) is 17.8 Å². The van der Waals surface area contributed by atoms with Gasteiger partial charge in [-0.3, -0.25) is 9.69 Å². The van der Waals surface area contributed by atoms with E-state index in [1.54, 1.807) is 0 Å². The molecule has 2 aliphatic carbocycles. The fraction of sp³-hybridized carbons (Fsp3) is 0.519. The zero-order valence-electron chi connectivity index (χ0n) is 18.2. The van der Waals surface area contributed by atoms with Gasteiger partial charge >= 0.3 is 0 Å². The maximum Gasteiger partial charge on any atom is 0.257 e. The molecule has 0 aromatic heterocycles. The number of likely N-dealkylation sites (tertiary alicyclic amines) is 1. The Hall–Kier alpha value is -2.17. The third kappa shape index (κ3) is 4.16. The van der Waals surface area contributed by atoms with Gasteiger partial charge in [-0.05, 0) is 35.8 Å². The van der Waals surface area contributed by atoms with Gasteiger partial charge < -0.3 is 10.4 Å². The second-order valence-electron chi connectivity index (χ2n) is 9.83. The molecule has 164 valence electrons. The van der Waals surface area contributed by atoms with Crippen LogP contribution in [0.15, 0.2) is 60.7 Å². The van der Waals surface area contributed by atoms with Crippen LogP contribution in [0.4, 0.5) is 0 Å². The molecule has 3 fully saturated rings. The third-order valence-corrected chi connectivity index (χ3v) is 7.82. The second-order valence-corrected chi connectivity index (χ2v) is 9.83. The summed E-state index contributed by atoms with van der Waals surface area (Å²) in [6.45, 7) is 3.03. The minimum atomic E-state index is -1.42. The normalized spacial score (nSPS) is 28.4. The van der Waals surface area contributed by atoms with Crippen LogP contribution in [0.5, 0.6) is 0 Å². The van der Waals surface area contributed by atoms with Gasteiger partial charge in [-0.25, -0.2) is 0 Å². The molecule has 4 atom stereocenters. The second kappa shape index (κ2) is 8.76. The van der Waals surface area contributed by atoms with Crippen molar-refractivity contribution in [3.8, 4) is 0 Å². The van der Waals surface area contributed by atoms with Gasteiger partial charge in [-0.15, -0.1) is 0 Å². The molecule has 2 N–H and O–H groups in total. The number of amides is 1. The van der Waals surface area contributed by atoms with E-state index in [9.17, 15) is 9.90 Å². The number of rotatable bonds is 6. The molecule has 1 amide bonds. The maximum absolute atomic E-state index is 13.6. The lowest BCUT2D eigenvalue weighted by molar-refractivity contribution is -0.148. The fourth-order valence-electron chi connectivity index (χ4n) is 6.00. The van der Waals surface area contributed by atoms with Crippen LogP contribution < -0.4 is 5.32 Å². The first-order valence-corrected chi connectivity index (χ1v) is 12.0. The van der Waals surface area contributed by atoms with Crippen molar-refractivity contribution in [1.82, 2.24) is 10.2 Å². The zero-order chi connectivity index (χ0) is 21.3. The van der Waals surface area contributed by atoms with Gasteiger partial charge in [0.05, 0.1) is 0 Å². The lowest BCUT2D eigenvalue weighted by Crippen LogP contribution is -2.51. The Bertz CT molecular complexity index is 867. The molecule has 31 heavy (non-hydrogen) atoms. The van der Waals surface area contributed by atoms with Crippen LogP contribution in [0.1, 0.15) is 49.7 Å². The molecule has 2 unspecified atom stereocenters. The number of hydrogen-bond donors (Lipinski definition) is 2. The Labute approximate surface area is 185 Å². The Morgan fingerprint density at radius 2 is 1.48 bits per heavy atom. The molecule has 3 aliphatic rings. The minimum Gasteiger partial charge on any atom is -0.375 e. The number of fused-ring (bicyclic) bond motifs is 1. The van der Waals surface area contributed by atoms with Gasteiger partial charge in [0.15, 0.2) is 5.60 Å². The van der Waals surface area contributed by atoms with Crippen LogP contribution in [-0.2, 0) is 16.9 Å². The fourth-order valence-corrected chi connectivity index (χ4v) is 6.00. The van der Waals surface area contributed by atoms with Crippen LogP contribution in [0.3, 0.4) is 0 Å². The highest BCUT2D eigenvalue weighted by molar-refractivity contribution is 5.87. The molecule has 1 heterocycles. The first kappa shape index (κ1) is 20.7. The Morgan fingerprint density at radius 1 is 0.903 bits per heavy atom. The van der Waals surface area contributed by atoms with Crippen LogP contribution >= 0.6 is 0 Å². The van der Waals surface area contributed by atoms with Crippen LogP contribution in [-0.4, -0.2) is 35.0 Å². The first-order chi connectivity index (χ1) is 15.2. The molecule has 0 spiro atoms. The molecular weight excluding hydrogens is 384 g/mol. The van der Waals surface area contributed by atoms with E-state index in [4.69, 9.17) is 0 Å². The predicted octanol–water partition coefficient (Wildman–Crippen LogP) is 4.09. The Morgan fingerprint density at radius 3 is 2.10 bits per heavy atom. The highest BCUT2D eigenvalue weighted by Crippen LogP contribution is 2.47. The molecule has 1 saturated heterocycles. The van der Waals surface area contributed by atoms with Crippen molar-refractivity contribution in [2.24, 2.45) is 17.8 Å². The molecule has 0 radical (unpaired) electrons. The topological polar surface area (TPSA) is 52.6 Å². The summed E-state index contributed by atoms with van der Waals surface area (Å²) < 4.78 is 0. The van der Waals surface area contributed by atoms with E-state index in [1.807, 2.05) is 30.3 Å². The summed E-state index contributed by atoms with van der Waals surface area (Å²) in [5.74, 6) is 0.841. The molecule has 2 aromatic carbocycles. The standard InChI is InChI=1S/C27H34N2O2/c30-26(27(31,22-15-9-4-10-16-22)21-13-7-1-2-8-14-21)28-25-23-18-29(19-24(23)25)17-20-11-5-3-6-12-20/h3-6,9-12,15-16,21,23-25,31H,1-2,7-8,13-14,17-19H2,(H,28,30)/t23-,24+,25?,27?. The first-order valence-electron chi connectivity index (χ1n) is 12.0. The highest BCUT2D eigenvalue weighted by atomic mass is 16.3. The summed E-state index contributed by atoms with van der Waals surface area (Å²) >= 11 is 0. The number of carbonyl (C=O) groups excluding carboxylic acids is 1. The number of hydrogen-bond acceptors (Lipinski definition) is 3. The summed E-state index contributed by atoms with van der Waals surface area (Å²) in [5.41, 5.74) is 0.666. The molecule has 0 bridgehead atoms. The molecule has 2 saturated carbocycles. The number of carbonyl (C=O) groups is 1. The lowest BCUT2D eigenvalue weighted by atomic mass is 9.76. The van der Waals surface area contributed by atoms with E-state index in [1.165, 1.54) is 18.4 Å². The summed E-state index contributed by atoms with van der Waals surface area (Å²) in [6, 6.07) is 20.4. The van der Waals surface area contributed by atoms with Gasteiger partial charge in [0.1, 0.15) is 0 Å². The molecule has 2 aromatic rings. The summed E-state index contributed by atoms with van der Waals surface area (Å²) in [6.07, 6.45) is 6.43. The minimum absolute atomic E-state index is 0.00873. The van der Waals surface area contributed by atoms with Crippen molar-refractivity contribution in [2.75, 3.05) is 13.1 Å². The smallest absolute Gasteiger partial charge is 0.257 e. The molecular formula is C27H34N2O2. The number of benzene rings is 2. The van der Waals surface area contributed by atoms with E-state index in [0.29, 0.717) is 11.8 Å². The van der Waals surface area contributed by atoms with Crippen molar-refractivity contribution in [3.05, 3.63) is 71.8 Å². The number of piperidine rings is 1. The Balaban J connectivity index is 1.25. The predicted molar refractivity (Wildman–Crippen MR) is 122 cm³/mol. The third-order valence-electron chi connectivity index (χ3n) is 7.82. The highest BCUT2D eigenvalue weighted by Gasteiger charge is 2.58. The van der Waals surface area contributed by atoms with Gasteiger partial charge in [0, 0.05) is 31.6 Å². The van der Waals surface area contributed by atoms with Crippen molar-refractivity contribution in [3.63, 3.8) is 0 Å². The molecule has 4 nitrogen and oxygen atoms in total. The van der Waals surface area contributed by atoms with Gasteiger partial charge in [-0.1, -0.05) is 86.3 Å². The summed E-state index contributed by atoms with van der Waals surface area (Å²) in [4.78, 5) is 16.0. The summed E-state index contributed by atoms with van der Waals surface area (Å²) in [7, 11) is 0. The van der Waals surface area contributed by atoms with Crippen molar-refractivity contribution in [2.45, 2.75) is 56.7 Å². The van der Waals surface area contributed by atoms with Crippen molar-refractivity contribution < 1.29 is 9.90 Å². The largest absolute Gasteiger partial charge is 0.375 e. The lowest BCUT2D eigenvalue weighted by Gasteiger charge is -2.35. The van der Waals surface area contributed by atoms with Crippen molar-refractivity contribution in [1.29, 1.82) is 0 Å². The van der Waals surface area contributed by atoms with E-state index in [-0.39, 0.29) is 17.9 Å². The van der Waals surface area contributed by atoms with E-state index < -0.39 is 5.60 Å². The number of nitrogens with one attached hydrogen (secondary N) is 1. The summed E-state index contributed by atoms with van der Waals surface area (Å²) in [5, 5.41) is 15.1. The molecule has 1 aliphatic heterocycles. The SMILES string of the molecule is O=C(NC1[C@H]2CN(Cc3ccccc3)C[C@@H]12)C(O)(c1ccccc1)C1CCCCCC1. The average molecular weight is 419 g/mol. The average Bonchev–Trinajstić information content (AvgIpc) is 3.38. The van der Waals surface area contributed by atoms with Crippen LogP contribution in [0.25, 0.3) is 0 Å². The monoisotopic (exact) mass is 418 g/mol. The number of nitrogens with zero attached hydrogens (tertiary/aromatic N) is 1. The molecule has 5 rings (SSSR count). The van der Waals surface area contributed by atoms with Crippen LogP contribution in [0.2, 0.25) is 0 Å². The zero-order valence-corrected chi connectivity index (χ0v) is 18.2. The van der Waals surface area contributed by atoms with Gasteiger partial charge in [-0.2, -0.15) is 0 Å². The maximum atomic E-state index is 13.6. The van der Waals surface area contributed by atoms with E-state index in [0.717, 1.165) is 50.9 Å².